The molecule has 3 aromatic heterocycles. The number of hydrogen-bond acceptors (Lipinski definition) is 6. The van der Waals surface area contributed by atoms with Crippen LogP contribution in [0.15, 0.2) is 59.3 Å². The summed E-state index contributed by atoms with van der Waals surface area (Å²) in [5.41, 5.74) is 11.4. The van der Waals surface area contributed by atoms with Crippen LogP contribution in [0.1, 0.15) is 24.5 Å². The fourth-order valence-corrected chi connectivity index (χ4v) is 6.05. The Morgan fingerprint density at radius 2 is 1.74 bits per heavy atom. The summed E-state index contributed by atoms with van der Waals surface area (Å²) in [6.45, 7) is 0. The maximum absolute atomic E-state index is 11.8. The van der Waals surface area contributed by atoms with Crippen LogP contribution in [0.25, 0.3) is 28.0 Å². The topological polar surface area (TPSA) is 103 Å². The summed E-state index contributed by atoms with van der Waals surface area (Å²) < 4.78 is 25.9. The van der Waals surface area contributed by atoms with Gasteiger partial charge in [-0.3, -0.25) is 4.98 Å². The average molecular weight is 498 g/mol. The summed E-state index contributed by atoms with van der Waals surface area (Å²) in [4.78, 5) is 9.50. The van der Waals surface area contributed by atoms with Gasteiger partial charge in [-0.1, -0.05) is 36.4 Å². The third kappa shape index (κ3) is 3.72. The molecule has 2 N–H and O–H groups in total. The fourth-order valence-electron chi connectivity index (χ4n) is 3.98. The number of nitrogen functional groups attached to an aromatic ring is 1. The van der Waals surface area contributed by atoms with E-state index in [-0.39, 0.29) is 17.4 Å². The van der Waals surface area contributed by atoms with Crippen LogP contribution in [0, 0.1) is 0 Å². The molecule has 0 saturated carbocycles. The summed E-state index contributed by atoms with van der Waals surface area (Å²) in [7, 11) is -2.96. The number of nitrogens with two attached hydrogens (primary N) is 1. The molecule has 0 bridgehead atoms. The van der Waals surface area contributed by atoms with E-state index >= 15 is 0 Å². The molecule has 1 aliphatic rings. The van der Waals surface area contributed by atoms with E-state index in [2.05, 4.69) is 26.0 Å². The number of benzene rings is 1. The van der Waals surface area contributed by atoms with E-state index in [1.165, 1.54) is 0 Å². The lowest BCUT2D eigenvalue weighted by Gasteiger charge is -2.23. The normalized spacial score (nSPS) is 16.5. The number of sulfone groups is 1. The van der Waals surface area contributed by atoms with Crippen molar-refractivity contribution in [1.82, 2.24) is 19.6 Å². The van der Waals surface area contributed by atoms with E-state index < -0.39 is 9.84 Å². The monoisotopic (exact) mass is 497 g/mol. The van der Waals surface area contributed by atoms with Crippen molar-refractivity contribution in [3.05, 3.63) is 65.0 Å². The first-order valence-electron chi connectivity index (χ1n) is 9.98. The van der Waals surface area contributed by atoms with E-state index in [1.807, 2.05) is 48.7 Å². The molecule has 7 nitrogen and oxygen atoms in total. The highest BCUT2D eigenvalue weighted by Gasteiger charge is 2.29. The summed E-state index contributed by atoms with van der Waals surface area (Å²) in [6, 6.07) is 14.0. The zero-order valence-corrected chi connectivity index (χ0v) is 19.0. The lowest BCUT2D eigenvalue weighted by Crippen LogP contribution is -2.23. The smallest absolute Gasteiger partial charge is 0.167 e. The number of rotatable bonds is 3. The molecule has 158 valence electrons. The van der Waals surface area contributed by atoms with Crippen molar-refractivity contribution in [3.8, 4) is 22.4 Å². The second-order valence-corrected chi connectivity index (χ2v) is 10.8. The molecule has 0 unspecified atom stereocenters. The van der Waals surface area contributed by atoms with Gasteiger partial charge in [-0.2, -0.15) is 9.61 Å². The van der Waals surface area contributed by atoms with Crippen LogP contribution in [0.3, 0.4) is 0 Å². The Hall–Kier alpha value is -2.78. The molecular weight excluding hydrogens is 478 g/mol. The SMILES string of the molecule is Nc1c(Br)c(C2CCS(=O)(=O)CC2)nc2c(-c3ccc(-c4ccccc4)cn3)cnn12. The zero-order chi connectivity index (χ0) is 21.6. The van der Waals surface area contributed by atoms with Gasteiger partial charge in [0.1, 0.15) is 15.7 Å². The Morgan fingerprint density at radius 3 is 2.42 bits per heavy atom. The molecule has 1 saturated heterocycles. The number of anilines is 1. The van der Waals surface area contributed by atoms with E-state index in [4.69, 9.17) is 10.7 Å². The molecule has 0 amide bonds. The number of hydrogen-bond donors (Lipinski definition) is 1. The van der Waals surface area contributed by atoms with Crippen LogP contribution in [-0.2, 0) is 9.84 Å². The molecule has 4 aromatic rings. The van der Waals surface area contributed by atoms with Gasteiger partial charge in [0.15, 0.2) is 5.65 Å². The predicted molar refractivity (Wildman–Crippen MR) is 124 cm³/mol. The lowest BCUT2D eigenvalue weighted by molar-refractivity contribution is 0.543. The highest BCUT2D eigenvalue weighted by Crippen LogP contribution is 2.37. The first kappa shape index (κ1) is 20.1. The number of fused-ring (bicyclic) bond motifs is 1. The van der Waals surface area contributed by atoms with Crippen LogP contribution in [-0.4, -0.2) is 39.5 Å². The summed E-state index contributed by atoms with van der Waals surface area (Å²) in [5, 5.41) is 4.41. The van der Waals surface area contributed by atoms with Crippen molar-refractivity contribution in [3.63, 3.8) is 0 Å². The Kier molecular flexibility index (Phi) is 5.02. The van der Waals surface area contributed by atoms with E-state index in [0.717, 1.165) is 28.1 Å². The van der Waals surface area contributed by atoms with Crippen molar-refractivity contribution in [1.29, 1.82) is 0 Å². The van der Waals surface area contributed by atoms with Gasteiger partial charge < -0.3 is 5.73 Å². The minimum atomic E-state index is -2.96. The van der Waals surface area contributed by atoms with E-state index in [1.54, 1.807) is 10.7 Å². The second kappa shape index (κ2) is 7.72. The predicted octanol–water partition coefficient (Wildman–Crippen LogP) is 4.10. The number of nitrogens with zero attached hydrogens (tertiary/aromatic N) is 4. The van der Waals surface area contributed by atoms with Crippen LogP contribution in [0.5, 0.6) is 0 Å². The molecule has 9 heteroatoms. The Balaban J connectivity index is 1.55. The molecule has 0 radical (unpaired) electrons. The van der Waals surface area contributed by atoms with Crippen molar-refractivity contribution >= 4 is 37.2 Å². The third-order valence-electron chi connectivity index (χ3n) is 5.74. The Morgan fingerprint density at radius 1 is 1.00 bits per heavy atom. The molecule has 31 heavy (non-hydrogen) atoms. The van der Waals surface area contributed by atoms with Crippen molar-refractivity contribution in [2.45, 2.75) is 18.8 Å². The molecule has 1 aromatic carbocycles. The first-order valence-corrected chi connectivity index (χ1v) is 12.6. The van der Waals surface area contributed by atoms with Gasteiger partial charge in [0.25, 0.3) is 0 Å². The second-order valence-electron chi connectivity index (χ2n) is 7.71. The first-order chi connectivity index (χ1) is 14.9. The van der Waals surface area contributed by atoms with Crippen LogP contribution in [0.2, 0.25) is 0 Å². The number of halogens is 1. The highest BCUT2D eigenvalue weighted by atomic mass is 79.9. The molecule has 0 aliphatic carbocycles. The van der Waals surface area contributed by atoms with Gasteiger partial charge in [0.05, 0.1) is 39.1 Å². The zero-order valence-electron chi connectivity index (χ0n) is 16.6. The van der Waals surface area contributed by atoms with Crippen molar-refractivity contribution in [2.24, 2.45) is 0 Å². The van der Waals surface area contributed by atoms with E-state index in [0.29, 0.717) is 28.8 Å². The maximum Gasteiger partial charge on any atom is 0.167 e. The van der Waals surface area contributed by atoms with E-state index in [9.17, 15) is 8.42 Å². The fraction of sp³-hybridized carbons (Fsp3) is 0.227. The number of pyridine rings is 1. The Labute approximate surface area is 188 Å². The average Bonchev–Trinajstić information content (AvgIpc) is 3.21. The quantitative estimate of drug-likeness (QED) is 0.456. The van der Waals surface area contributed by atoms with Gasteiger partial charge in [0.2, 0.25) is 0 Å². The minimum Gasteiger partial charge on any atom is -0.383 e. The summed E-state index contributed by atoms with van der Waals surface area (Å²) in [6.07, 6.45) is 4.63. The van der Waals surface area contributed by atoms with Crippen molar-refractivity contribution < 1.29 is 8.42 Å². The summed E-state index contributed by atoms with van der Waals surface area (Å²) in [5.74, 6) is 0.818. The largest absolute Gasteiger partial charge is 0.383 e. The van der Waals surface area contributed by atoms with Crippen LogP contribution in [0.4, 0.5) is 5.82 Å². The van der Waals surface area contributed by atoms with Gasteiger partial charge in [-0.15, -0.1) is 0 Å². The van der Waals surface area contributed by atoms with Gasteiger partial charge in [-0.05, 0) is 40.4 Å². The van der Waals surface area contributed by atoms with Gasteiger partial charge in [-0.25, -0.2) is 13.4 Å². The highest BCUT2D eigenvalue weighted by molar-refractivity contribution is 9.10. The molecule has 1 fully saturated rings. The van der Waals surface area contributed by atoms with Crippen molar-refractivity contribution in [2.75, 3.05) is 17.2 Å². The summed E-state index contributed by atoms with van der Waals surface area (Å²) >= 11 is 3.55. The molecule has 0 atom stereocenters. The maximum atomic E-state index is 11.8. The van der Waals surface area contributed by atoms with Gasteiger partial charge >= 0.3 is 0 Å². The number of aromatic nitrogens is 4. The molecular formula is C22H20BrN5O2S. The van der Waals surface area contributed by atoms with Crippen LogP contribution >= 0.6 is 15.9 Å². The molecule has 5 rings (SSSR count). The standard InChI is InChI=1S/C22H20BrN5O2S/c23-19-20(15-8-10-31(29,30)11-9-15)27-22-17(13-26-28(22)21(19)24)18-7-6-16(12-25-18)14-4-2-1-3-5-14/h1-7,12-13,15H,8-11,24H2. The molecule has 0 spiro atoms. The van der Waals surface area contributed by atoms with Crippen LogP contribution < -0.4 is 5.73 Å². The lowest BCUT2D eigenvalue weighted by atomic mass is 9.98. The molecule has 4 heterocycles. The minimum absolute atomic E-state index is 0.0290. The molecule has 1 aliphatic heterocycles. The third-order valence-corrected chi connectivity index (χ3v) is 8.26. The van der Waals surface area contributed by atoms with Gasteiger partial charge in [0, 0.05) is 17.7 Å². The Bertz CT molecular complexity index is 1350.